The van der Waals surface area contributed by atoms with Crippen molar-refractivity contribution in [2.75, 3.05) is 10.6 Å². The van der Waals surface area contributed by atoms with Gasteiger partial charge in [-0.2, -0.15) is 9.97 Å². The molecule has 6 nitrogen and oxygen atoms in total. The summed E-state index contributed by atoms with van der Waals surface area (Å²) < 4.78 is 2.10. The molecular formula is C27H31ClN6. The van der Waals surface area contributed by atoms with E-state index in [1.165, 1.54) is 32.1 Å². The zero-order valence-electron chi connectivity index (χ0n) is 19.8. The largest absolute Gasteiger partial charge is 0.364 e. The van der Waals surface area contributed by atoms with E-state index in [1.807, 2.05) is 30.6 Å². The van der Waals surface area contributed by atoms with Crippen LogP contribution in [-0.4, -0.2) is 25.6 Å². The van der Waals surface area contributed by atoms with Gasteiger partial charge in [-0.3, -0.25) is 0 Å². The molecule has 0 aliphatic heterocycles. The van der Waals surface area contributed by atoms with Crippen molar-refractivity contribution >= 4 is 34.5 Å². The summed E-state index contributed by atoms with van der Waals surface area (Å²) in [7, 11) is 0. The van der Waals surface area contributed by atoms with Gasteiger partial charge in [0.15, 0.2) is 17.0 Å². The second-order valence-corrected chi connectivity index (χ2v) is 9.73. The number of rotatable bonds is 7. The molecule has 0 unspecified atom stereocenters. The van der Waals surface area contributed by atoms with E-state index < -0.39 is 0 Å². The number of nitrogens with one attached hydrogen (secondary N) is 2. The van der Waals surface area contributed by atoms with Gasteiger partial charge in [-0.1, -0.05) is 73.3 Å². The van der Waals surface area contributed by atoms with Crippen molar-refractivity contribution in [1.29, 1.82) is 0 Å². The van der Waals surface area contributed by atoms with Crippen LogP contribution in [0.1, 0.15) is 57.6 Å². The molecule has 1 saturated carbocycles. The Labute approximate surface area is 205 Å². The molecule has 2 N–H and O–H groups in total. The number of nitrogens with zero attached hydrogens (tertiary/aromatic N) is 4. The van der Waals surface area contributed by atoms with Gasteiger partial charge in [-0.05, 0) is 43.9 Å². The Balaban J connectivity index is 1.38. The van der Waals surface area contributed by atoms with Crippen molar-refractivity contribution < 1.29 is 0 Å². The SMILES string of the molecule is CC(C)n1cnc2c(NCc3ccc(-c4ccccc4Cl)cc3)nc(NC3CCCCC3)nc21. The van der Waals surface area contributed by atoms with Gasteiger partial charge in [0.2, 0.25) is 5.95 Å². The van der Waals surface area contributed by atoms with E-state index in [0.29, 0.717) is 18.5 Å². The Morgan fingerprint density at radius 1 is 1.00 bits per heavy atom. The van der Waals surface area contributed by atoms with E-state index in [2.05, 4.69) is 58.3 Å². The van der Waals surface area contributed by atoms with E-state index in [9.17, 15) is 0 Å². The minimum atomic E-state index is 0.271. The van der Waals surface area contributed by atoms with Crippen LogP contribution in [0, 0.1) is 0 Å². The van der Waals surface area contributed by atoms with Crippen LogP contribution in [0.25, 0.3) is 22.3 Å². The van der Waals surface area contributed by atoms with Gasteiger partial charge in [-0.15, -0.1) is 0 Å². The lowest BCUT2D eigenvalue weighted by Gasteiger charge is -2.23. The van der Waals surface area contributed by atoms with Crippen LogP contribution in [-0.2, 0) is 6.54 Å². The Hall–Kier alpha value is -3.12. The van der Waals surface area contributed by atoms with E-state index >= 15 is 0 Å². The molecule has 1 aliphatic carbocycles. The molecule has 2 heterocycles. The Bertz CT molecular complexity index is 1260. The van der Waals surface area contributed by atoms with Gasteiger partial charge in [0.1, 0.15) is 0 Å². The molecule has 176 valence electrons. The van der Waals surface area contributed by atoms with Crippen molar-refractivity contribution in [2.45, 2.75) is 64.6 Å². The maximum absolute atomic E-state index is 6.36. The standard InChI is InChI=1S/C27H31ClN6/c1-18(2)34-17-30-24-25(32-27(33-26(24)34)31-21-8-4-3-5-9-21)29-16-19-12-14-20(15-13-19)22-10-6-7-11-23(22)28/h6-7,10-15,17-18,21H,3-5,8-9,16H2,1-2H3,(H2,29,31,32,33). The predicted molar refractivity (Wildman–Crippen MR) is 140 cm³/mol. The third-order valence-corrected chi connectivity index (χ3v) is 6.84. The zero-order valence-corrected chi connectivity index (χ0v) is 20.5. The van der Waals surface area contributed by atoms with Crippen LogP contribution in [0.15, 0.2) is 54.9 Å². The molecule has 2 aromatic carbocycles. The smallest absolute Gasteiger partial charge is 0.227 e. The Morgan fingerprint density at radius 3 is 2.50 bits per heavy atom. The molecule has 7 heteroatoms. The van der Waals surface area contributed by atoms with Crippen LogP contribution < -0.4 is 10.6 Å². The Morgan fingerprint density at radius 2 is 1.76 bits per heavy atom. The number of aromatic nitrogens is 4. The zero-order chi connectivity index (χ0) is 23.5. The van der Waals surface area contributed by atoms with Crippen LogP contribution in [0.2, 0.25) is 5.02 Å². The summed E-state index contributed by atoms with van der Waals surface area (Å²) in [5.41, 5.74) is 4.97. The van der Waals surface area contributed by atoms with Crippen molar-refractivity contribution in [3.63, 3.8) is 0 Å². The summed E-state index contributed by atoms with van der Waals surface area (Å²) >= 11 is 6.36. The minimum absolute atomic E-state index is 0.271. The summed E-state index contributed by atoms with van der Waals surface area (Å²) in [6.45, 7) is 4.93. The molecule has 34 heavy (non-hydrogen) atoms. The normalized spacial score (nSPS) is 14.6. The minimum Gasteiger partial charge on any atom is -0.364 e. The lowest BCUT2D eigenvalue weighted by molar-refractivity contribution is 0.461. The number of hydrogen-bond donors (Lipinski definition) is 2. The highest BCUT2D eigenvalue weighted by atomic mass is 35.5. The van der Waals surface area contributed by atoms with E-state index in [1.54, 1.807) is 0 Å². The second kappa shape index (κ2) is 10.0. The van der Waals surface area contributed by atoms with Crippen LogP contribution in [0.4, 0.5) is 11.8 Å². The molecule has 0 atom stereocenters. The first kappa shape index (κ1) is 22.7. The summed E-state index contributed by atoms with van der Waals surface area (Å²) in [5.74, 6) is 1.44. The quantitative estimate of drug-likeness (QED) is 0.299. The average Bonchev–Trinajstić information content (AvgIpc) is 3.28. The third kappa shape index (κ3) is 4.87. The number of benzene rings is 2. The third-order valence-electron chi connectivity index (χ3n) is 6.51. The van der Waals surface area contributed by atoms with Gasteiger partial charge in [0.05, 0.1) is 6.33 Å². The van der Waals surface area contributed by atoms with Crippen LogP contribution >= 0.6 is 11.6 Å². The monoisotopic (exact) mass is 474 g/mol. The van der Waals surface area contributed by atoms with Crippen molar-refractivity contribution in [3.05, 3.63) is 65.4 Å². The molecule has 2 aromatic heterocycles. The molecular weight excluding hydrogens is 444 g/mol. The van der Waals surface area contributed by atoms with Crippen molar-refractivity contribution in [1.82, 2.24) is 19.5 Å². The van der Waals surface area contributed by atoms with Gasteiger partial charge in [0, 0.05) is 29.2 Å². The molecule has 4 aromatic rings. The molecule has 0 radical (unpaired) electrons. The average molecular weight is 475 g/mol. The van der Waals surface area contributed by atoms with Crippen molar-refractivity contribution in [3.8, 4) is 11.1 Å². The summed E-state index contributed by atoms with van der Waals surface area (Å²) in [6.07, 6.45) is 8.05. The van der Waals surface area contributed by atoms with E-state index in [0.717, 1.165) is 38.7 Å². The highest BCUT2D eigenvalue weighted by Gasteiger charge is 2.18. The van der Waals surface area contributed by atoms with Crippen LogP contribution in [0.5, 0.6) is 0 Å². The molecule has 0 bridgehead atoms. The molecule has 0 spiro atoms. The van der Waals surface area contributed by atoms with Gasteiger partial charge in [0.25, 0.3) is 0 Å². The van der Waals surface area contributed by atoms with Crippen molar-refractivity contribution in [2.24, 2.45) is 0 Å². The molecule has 1 fully saturated rings. The summed E-state index contributed by atoms with van der Waals surface area (Å²) in [6, 6.07) is 17.1. The molecule has 1 aliphatic rings. The number of imidazole rings is 1. The molecule has 0 amide bonds. The number of fused-ring (bicyclic) bond motifs is 1. The maximum atomic E-state index is 6.36. The first-order chi connectivity index (χ1) is 16.6. The van der Waals surface area contributed by atoms with E-state index in [-0.39, 0.29) is 6.04 Å². The predicted octanol–water partition coefficient (Wildman–Crippen LogP) is 7.08. The lowest BCUT2D eigenvalue weighted by atomic mass is 9.96. The number of hydrogen-bond acceptors (Lipinski definition) is 5. The highest BCUT2D eigenvalue weighted by molar-refractivity contribution is 6.33. The fourth-order valence-corrected chi connectivity index (χ4v) is 4.84. The fraction of sp³-hybridized carbons (Fsp3) is 0.370. The van der Waals surface area contributed by atoms with Gasteiger partial charge in [-0.25, -0.2) is 4.98 Å². The van der Waals surface area contributed by atoms with Gasteiger partial charge < -0.3 is 15.2 Å². The van der Waals surface area contributed by atoms with Gasteiger partial charge >= 0.3 is 0 Å². The maximum Gasteiger partial charge on any atom is 0.227 e. The number of anilines is 2. The topological polar surface area (TPSA) is 67.7 Å². The van der Waals surface area contributed by atoms with Crippen LogP contribution in [0.3, 0.4) is 0 Å². The lowest BCUT2D eigenvalue weighted by Crippen LogP contribution is -2.24. The summed E-state index contributed by atoms with van der Waals surface area (Å²) in [4.78, 5) is 14.3. The fourth-order valence-electron chi connectivity index (χ4n) is 4.60. The summed E-state index contributed by atoms with van der Waals surface area (Å²) in [5, 5.41) is 7.85. The van der Waals surface area contributed by atoms with E-state index in [4.69, 9.17) is 21.6 Å². The second-order valence-electron chi connectivity index (χ2n) is 9.32. The highest BCUT2D eigenvalue weighted by Crippen LogP contribution is 2.29. The Kier molecular flexibility index (Phi) is 6.68. The number of halogens is 1. The molecule has 0 saturated heterocycles. The molecule has 5 rings (SSSR count). The first-order valence-corrected chi connectivity index (χ1v) is 12.5. The first-order valence-electron chi connectivity index (χ1n) is 12.2.